The van der Waals surface area contributed by atoms with E-state index < -0.39 is 15.8 Å². The Hall–Kier alpha value is -0.690. The third-order valence-electron chi connectivity index (χ3n) is 3.09. The van der Waals surface area contributed by atoms with E-state index in [1.54, 1.807) is 0 Å². The molecule has 1 heterocycles. The van der Waals surface area contributed by atoms with E-state index in [1.807, 2.05) is 0 Å². The SMILES string of the molecule is O=S(=O)(Cc1ccc(F)c(Cl)c1)NCC1CCNC1. The van der Waals surface area contributed by atoms with Gasteiger partial charge in [0, 0.05) is 6.54 Å². The Balaban J connectivity index is 1.93. The molecule has 0 aliphatic carbocycles. The molecule has 0 radical (unpaired) electrons. The molecule has 0 bridgehead atoms. The van der Waals surface area contributed by atoms with Crippen molar-refractivity contribution < 1.29 is 12.8 Å². The van der Waals surface area contributed by atoms with E-state index in [-0.39, 0.29) is 10.8 Å². The fourth-order valence-corrected chi connectivity index (χ4v) is 3.45. The lowest BCUT2D eigenvalue weighted by Crippen LogP contribution is -2.31. The number of rotatable bonds is 5. The molecule has 0 aromatic heterocycles. The van der Waals surface area contributed by atoms with Gasteiger partial charge in [-0.15, -0.1) is 0 Å². The molecule has 1 aliphatic heterocycles. The highest BCUT2D eigenvalue weighted by Crippen LogP contribution is 2.17. The fraction of sp³-hybridized carbons (Fsp3) is 0.500. The van der Waals surface area contributed by atoms with Crippen molar-refractivity contribution in [1.29, 1.82) is 0 Å². The van der Waals surface area contributed by atoms with Crippen LogP contribution in [0.4, 0.5) is 4.39 Å². The van der Waals surface area contributed by atoms with Gasteiger partial charge in [0.2, 0.25) is 10.0 Å². The molecule has 106 valence electrons. The molecule has 0 saturated carbocycles. The van der Waals surface area contributed by atoms with Crippen molar-refractivity contribution in [2.24, 2.45) is 5.92 Å². The number of hydrogen-bond donors (Lipinski definition) is 2. The van der Waals surface area contributed by atoms with Crippen molar-refractivity contribution in [3.63, 3.8) is 0 Å². The average Bonchev–Trinajstić information content (AvgIpc) is 2.84. The van der Waals surface area contributed by atoms with Crippen LogP contribution in [0.5, 0.6) is 0 Å². The Morgan fingerprint density at radius 1 is 1.47 bits per heavy atom. The zero-order chi connectivity index (χ0) is 13.9. The van der Waals surface area contributed by atoms with Gasteiger partial charge in [0.25, 0.3) is 0 Å². The minimum atomic E-state index is -3.41. The van der Waals surface area contributed by atoms with Crippen LogP contribution in [-0.4, -0.2) is 28.1 Å². The first-order valence-corrected chi connectivity index (χ1v) is 8.11. The molecule has 1 aliphatic rings. The number of benzene rings is 1. The predicted octanol–water partition coefficient (Wildman–Crippen LogP) is 1.51. The van der Waals surface area contributed by atoms with Gasteiger partial charge in [-0.3, -0.25) is 0 Å². The molecule has 1 fully saturated rings. The van der Waals surface area contributed by atoms with Crippen LogP contribution in [0.3, 0.4) is 0 Å². The van der Waals surface area contributed by atoms with Crippen molar-refractivity contribution >= 4 is 21.6 Å². The van der Waals surface area contributed by atoms with E-state index >= 15 is 0 Å². The zero-order valence-electron chi connectivity index (χ0n) is 10.3. The van der Waals surface area contributed by atoms with Gasteiger partial charge in [-0.1, -0.05) is 17.7 Å². The summed E-state index contributed by atoms with van der Waals surface area (Å²) in [5.41, 5.74) is 0.475. The number of nitrogens with one attached hydrogen (secondary N) is 2. The molecule has 1 aromatic carbocycles. The van der Waals surface area contributed by atoms with Gasteiger partial charge in [0.05, 0.1) is 10.8 Å². The molecule has 1 aromatic rings. The Morgan fingerprint density at radius 3 is 2.89 bits per heavy atom. The smallest absolute Gasteiger partial charge is 0.215 e. The van der Waals surface area contributed by atoms with Gasteiger partial charge in [-0.25, -0.2) is 17.5 Å². The number of sulfonamides is 1. The summed E-state index contributed by atoms with van der Waals surface area (Å²) in [6.45, 7) is 2.20. The minimum absolute atomic E-state index is 0.0623. The maximum atomic E-state index is 13.0. The second kappa shape index (κ2) is 6.17. The lowest BCUT2D eigenvalue weighted by atomic mass is 10.1. The molecule has 7 heteroatoms. The average molecular weight is 307 g/mol. The predicted molar refractivity (Wildman–Crippen MR) is 73.0 cm³/mol. The van der Waals surface area contributed by atoms with E-state index in [9.17, 15) is 12.8 Å². The molecule has 1 saturated heterocycles. The van der Waals surface area contributed by atoms with Crippen LogP contribution in [0.25, 0.3) is 0 Å². The van der Waals surface area contributed by atoms with Gasteiger partial charge in [0.15, 0.2) is 0 Å². The maximum Gasteiger partial charge on any atom is 0.215 e. The van der Waals surface area contributed by atoms with Crippen molar-refractivity contribution in [3.05, 3.63) is 34.6 Å². The minimum Gasteiger partial charge on any atom is -0.316 e. The van der Waals surface area contributed by atoms with E-state index in [4.69, 9.17) is 11.6 Å². The summed E-state index contributed by atoms with van der Waals surface area (Å²) in [7, 11) is -3.41. The summed E-state index contributed by atoms with van der Waals surface area (Å²) in [5, 5.41) is 3.12. The van der Waals surface area contributed by atoms with Crippen LogP contribution >= 0.6 is 11.6 Å². The third-order valence-corrected chi connectivity index (χ3v) is 4.70. The summed E-state index contributed by atoms with van der Waals surface area (Å²) in [4.78, 5) is 0. The van der Waals surface area contributed by atoms with Crippen LogP contribution < -0.4 is 10.0 Å². The van der Waals surface area contributed by atoms with Crippen LogP contribution in [0, 0.1) is 11.7 Å². The van der Waals surface area contributed by atoms with Crippen LogP contribution in [0.1, 0.15) is 12.0 Å². The molecule has 2 rings (SSSR count). The van der Waals surface area contributed by atoms with E-state index in [2.05, 4.69) is 10.0 Å². The van der Waals surface area contributed by atoms with E-state index in [1.165, 1.54) is 18.2 Å². The standard InChI is InChI=1S/C12H16ClFN2O2S/c13-11-5-9(1-2-12(11)14)8-19(17,18)16-7-10-3-4-15-6-10/h1-2,5,10,15-16H,3-4,6-8H2. The van der Waals surface area contributed by atoms with Crippen LogP contribution in [0.2, 0.25) is 5.02 Å². The summed E-state index contributed by atoms with van der Waals surface area (Å²) in [6.07, 6.45) is 0.977. The maximum absolute atomic E-state index is 13.0. The van der Waals surface area contributed by atoms with Crippen molar-refractivity contribution in [2.75, 3.05) is 19.6 Å². The normalized spacial score (nSPS) is 19.8. The number of halogens is 2. The highest BCUT2D eigenvalue weighted by Gasteiger charge is 2.18. The molecular formula is C12H16ClFN2O2S. The summed E-state index contributed by atoms with van der Waals surface area (Å²) in [6, 6.07) is 3.94. The number of hydrogen-bond acceptors (Lipinski definition) is 3. The first-order valence-electron chi connectivity index (χ1n) is 6.08. The van der Waals surface area contributed by atoms with Gasteiger partial charge >= 0.3 is 0 Å². The van der Waals surface area contributed by atoms with Crippen LogP contribution in [0.15, 0.2) is 18.2 Å². The Kier molecular flexibility index (Phi) is 4.78. The topological polar surface area (TPSA) is 58.2 Å². The molecule has 2 N–H and O–H groups in total. The molecular weight excluding hydrogens is 291 g/mol. The van der Waals surface area contributed by atoms with Gasteiger partial charge in [-0.05, 0) is 43.1 Å². The molecule has 1 atom stereocenters. The first-order chi connectivity index (χ1) is 8.96. The highest BCUT2D eigenvalue weighted by atomic mass is 35.5. The molecule has 1 unspecified atom stereocenters. The molecule has 19 heavy (non-hydrogen) atoms. The second-order valence-electron chi connectivity index (χ2n) is 4.71. The summed E-state index contributed by atoms with van der Waals surface area (Å²) in [5.74, 6) is -0.396. The van der Waals surface area contributed by atoms with E-state index in [0.29, 0.717) is 18.0 Å². The third kappa shape index (κ3) is 4.42. The Labute approximate surface area is 117 Å². The lowest BCUT2D eigenvalue weighted by molar-refractivity contribution is 0.538. The Morgan fingerprint density at radius 2 is 2.26 bits per heavy atom. The monoisotopic (exact) mass is 306 g/mol. The Bertz CT molecular complexity index is 545. The zero-order valence-corrected chi connectivity index (χ0v) is 11.9. The fourth-order valence-electron chi connectivity index (χ4n) is 2.03. The first kappa shape index (κ1) is 14.7. The van der Waals surface area contributed by atoms with Crippen LogP contribution in [-0.2, 0) is 15.8 Å². The van der Waals surface area contributed by atoms with E-state index in [0.717, 1.165) is 19.5 Å². The largest absolute Gasteiger partial charge is 0.316 e. The van der Waals surface area contributed by atoms with Gasteiger partial charge in [0.1, 0.15) is 5.82 Å². The lowest BCUT2D eigenvalue weighted by Gasteiger charge is -2.11. The summed E-state index contributed by atoms with van der Waals surface area (Å²) >= 11 is 5.62. The van der Waals surface area contributed by atoms with Crippen molar-refractivity contribution in [2.45, 2.75) is 12.2 Å². The summed E-state index contributed by atoms with van der Waals surface area (Å²) < 4.78 is 39.3. The van der Waals surface area contributed by atoms with Gasteiger partial charge in [-0.2, -0.15) is 0 Å². The van der Waals surface area contributed by atoms with Crippen molar-refractivity contribution in [1.82, 2.24) is 10.0 Å². The molecule has 4 nitrogen and oxygen atoms in total. The highest BCUT2D eigenvalue weighted by molar-refractivity contribution is 7.88. The molecule has 0 spiro atoms. The van der Waals surface area contributed by atoms with Crippen molar-refractivity contribution in [3.8, 4) is 0 Å². The quantitative estimate of drug-likeness (QED) is 0.867. The second-order valence-corrected chi connectivity index (χ2v) is 6.93. The van der Waals surface area contributed by atoms with Gasteiger partial charge < -0.3 is 5.32 Å². The molecule has 0 amide bonds.